The number of carbonyl (C=O) groups is 2. The smallest absolute Gasteiger partial charge is 0.248 e. The lowest BCUT2D eigenvalue weighted by Gasteiger charge is -2.09. The maximum Gasteiger partial charge on any atom is 0.248 e. The molecular formula is C19H18N2O5. The van der Waals surface area contributed by atoms with Crippen molar-refractivity contribution in [2.75, 3.05) is 10.6 Å². The van der Waals surface area contributed by atoms with Crippen molar-refractivity contribution in [1.82, 2.24) is 0 Å². The minimum atomic E-state index is -0.428. The average Bonchev–Trinajstić information content (AvgIpc) is 3.44. The first kappa shape index (κ1) is 17.3. The molecule has 1 aliphatic rings. The van der Waals surface area contributed by atoms with Crippen LogP contribution in [0.3, 0.4) is 0 Å². The molecule has 0 spiro atoms. The summed E-state index contributed by atoms with van der Waals surface area (Å²) in [6, 6.07) is 8.58. The van der Waals surface area contributed by atoms with Gasteiger partial charge in [-0.2, -0.15) is 0 Å². The maximum atomic E-state index is 12.0. The zero-order valence-corrected chi connectivity index (χ0v) is 13.8. The molecule has 0 bridgehead atoms. The van der Waals surface area contributed by atoms with Crippen molar-refractivity contribution in [2.24, 2.45) is 5.92 Å². The van der Waals surface area contributed by atoms with Gasteiger partial charge in [-0.05, 0) is 54.8 Å². The zero-order valence-electron chi connectivity index (χ0n) is 13.8. The van der Waals surface area contributed by atoms with E-state index in [1.54, 1.807) is 6.07 Å². The van der Waals surface area contributed by atoms with Crippen molar-refractivity contribution in [1.29, 1.82) is 0 Å². The van der Waals surface area contributed by atoms with Crippen molar-refractivity contribution >= 4 is 29.3 Å². The topological polar surface area (TPSA) is 119 Å². The fraction of sp³-hybridized carbons (Fsp3) is 0.158. The van der Waals surface area contributed by atoms with Crippen LogP contribution in [0.2, 0.25) is 0 Å². The number of benzene rings is 2. The molecule has 7 heteroatoms. The second-order valence-electron chi connectivity index (χ2n) is 6.07. The van der Waals surface area contributed by atoms with Crippen LogP contribution < -0.4 is 10.6 Å². The van der Waals surface area contributed by atoms with E-state index >= 15 is 0 Å². The Bertz CT molecular complexity index is 887. The van der Waals surface area contributed by atoms with E-state index in [9.17, 15) is 24.9 Å². The molecule has 1 saturated carbocycles. The number of hydrogen-bond acceptors (Lipinski definition) is 5. The Morgan fingerprint density at radius 3 is 2.35 bits per heavy atom. The molecule has 2 aromatic carbocycles. The van der Waals surface area contributed by atoms with Gasteiger partial charge in [-0.3, -0.25) is 9.59 Å². The Balaban J connectivity index is 1.65. The molecule has 1 aliphatic carbocycles. The second kappa shape index (κ2) is 7.18. The van der Waals surface area contributed by atoms with E-state index in [2.05, 4.69) is 10.6 Å². The number of phenolic OH excluding ortho intramolecular Hbond substituents is 3. The lowest BCUT2D eigenvalue weighted by atomic mass is 10.2. The van der Waals surface area contributed by atoms with Crippen LogP contribution in [0.25, 0.3) is 6.08 Å². The molecule has 3 rings (SSSR count). The van der Waals surface area contributed by atoms with Crippen LogP contribution in [-0.4, -0.2) is 27.1 Å². The van der Waals surface area contributed by atoms with Gasteiger partial charge >= 0.3 is 0 Å². The zero-order chi connectivity index (χ0) is 18.7. The van der Waals surface area contributed by atoms with E-state index in [0.29, 0.717) is 11.3 Å². The van der Waals surface area contributed by atoms with E-state index in [-0.39, 0.29) is 34.8 Å². The highest BCUT2D eigenvalue weighted by atomic mass is 16.3. The second-order valence-corrected chi connectivity index (χ2v) is 6.07. The van der Waals surface area contributed by atoms with E-state index in [0.717, 1.165) is 12.8 Å². The summed E-state index contributed by atoms with van der Waals surface area (Å²) in [5, 5.41) is 33.8. The van der Waals surface area contributed by atoms with Crippen molar-refractivity contribution in [2.45, 2.75) is 12.8 Å². The van der Waals surface area contributed by atoms with Crippen LogP contribution >= 0.6 is 0 Å². The highest BCUT2D eigenvalue weighted by Crippen LogP contribution is 2.33. The van der Waals surface area contributed by atoms with Gasteiger partial charge in [-0.1, -0.05) is 6.07 Å². The molecule has 0 aliphatic heterocycles. The quantitative estimate of drug-likeness (QED) is 0.321. The Labute approximate surface area is 149 Å². The first-order valence-corrected chi connectivity index (χ1v) is 8.07. The third kappa shape index (κ3) is 4.32. The summed E-state index contributed by atoms with van der Waals surface area (Å²) in [5.74, 6) is -1.17. The van der Waals surface area contributed by atoms with Gasteiger partial charge < -0.3 is 26.0 Å². The van der Waals surface area contributed by atoms with Crippen molar-refractivity contribution in [3.63, 3.8) is 0 Å². The molecule has 7 nitrogen and oxygen atoms in total. The minimum Gasteiger partial charge on any atom is -0.506 e. The lowest BCUT2D eigenvalue weighted by molar-refractivity contribution is -0.117. The molecule has 0 atom stereocenters. The highest BCUT2D eigenvalue weighted by molar-refractivity contribution is 6.03. The number of aromatic hydroxyl groups is 3. The van der Waals surface area contributed by atoms with Gasteiger partial charge in [-0.25, -0.2) is 0 Å². The number of nitrogens with one attached hydrogen (secondary N) is 2. The minimum absolute atomic E-state index is 0.00249. The molecule has 2 amide bonds. The predicted octanol–water partition coefficient (Wildman–Crippen LogP) is 2.80. The van der Waals surface area contributed by atoms with Crippen LogP contribution in [-0.2, 0) is 9.59 Å². The summed E-state index contributed by atoms with van der Waals surface area (Å²) < 4.78 is 0. The van der Waals surface area contributed by atoms with Crippen LogP contribution in [0, 0.1) is 5.92 Å². The van der Waals surface area contributed by atoms with E-state index in [1.807, 2.05) is 0 Å². The normalized spacial score (nSPS) is 13.5. The number of amides is 2. The summed E-state index contributed by atoms with van der Waals surface area (Å²) in [6.45, 7) is 0. The molecule has 134 valence electrons. The summed E-state index contributed by atoms with van der Waals surface area (Å²) in [7, 11) is 0. The van der Waals surface area contributed by atoms with Crippen LogP contribution in [0.4, 0.5) is 11.4 Å². The van der Waals surface area contributed by atoms with Crippen LogP contribution in [0.15, 0.2) is 42.5 Å². The average molecular weight is 354 g/mol. The van der Waals surface area contributed by atoms with Gasteiger partial charge in [0.2, 0.25) is 11.8 Å². The first-order valence-electron chi connectivity index (χ1n) is 8.07. The lowest BCUT2D eigenvalue weighted by Crippen LogP contribution is -2.14. The van der Waals surface area contributed by atoms with Gasteiger partial charge in [0, 0.05) is 17.7 Å². The number of hydrogen-bond donors (Lipinski definition) is 5. The first-order chi connectivity index (χ1) is 12.4. The van der Waals surface area contributed by atoms with Crippen LogP contribution in [0.1, 0.15) is 18.4 Å². The van der Waals surface area contributed by atoms with Gasteiger partial charge in [0.05, 0.1) is 5.69 Å². The third-order valence-corrected chi connectivity index (χ3v) is 3.90. The predicted molar refractivity (Wildman–Crippen MR) is 96.9 cm³/mol. The molecular weight excluding hydrogens is 336 g/mol. The van der Waals surface area contributed by atoms with Gasteiger partial charge in [0.25, 0.3) is 0 Å². The van der Waals surface area contributed by atoms with E-state index < -0.39 is 5.91 Å². The summed E-state index contributed by atoms with van der Waals surface area (Å²) >= 11 is 0. The van der Waals surface area contributed by atoms with Crippen molar-refractivity contribution in [3.05, 3.63) is 48.0 Å². The molecule has 0 unspecified atom stereocenters. The van der Waals surface area contributed by atoms with Gasteiger partial charge in [0.15, 0.2) is 11.5 Å². The SMILES string of the molecule is O=C(/C=C/c1ccc(O)c(O)c1)Nc1ccc(O)c(NC(=O)C2CC2)c1. The summed E-state index contributed by atoms with van der Waals surface area (Å²) in [6.07, 6.45) is 4.44. The van der Waals surface area contributed by atoms with Crippen LogP contribution in [0.5, 0.6) is 17.2 Å². The fourth-order valence-corrected chi connectivity index (χ4v) is 2.29. The molecule has 0 aromatic heterocycles. The number of carbonyl (C=O) groups excluding carboxylic acids is 2. The number of phenols is 3. The largest absolute Gasteiger partial charge is 0.506 e. The molecule has 0 heterocycles. The fourth-order valence-electron chi connectivity index (χ4n) is 2.29. The standard InChI is InChI=1S/C19H18N2O5/c22-15-7-5-13(10-14(15)21-19(26)12-3-4-12)20-18(25)8-2-11-1-6-16(23)17(24)9-11/h1-2,5-10,12,22-24H,3-4H2,(H,20,25)(H,21,26)/b8-2+. The maximum absolute atomic E-state index is 12.0. The van der Waals surface area contributed by atoms with E-state index in [4.69, 9.17) is 0 Å². The molecule has 26 heavy (non-hydrogen) atoms. The molecule has 1 fully saturated rings. The Kier molecular flexibility index (Phi) is 4.79. The molecule has 0 radical (unpaired) electrons. The summed E-state index contributed by atoms with van der Waals surface area (Å²) in [4.78, 5) is 23.8. The summed E-state index contributed by atoms with van der Waals surface area (Å²) in [5.41, 5.74) is 1.20. The molecule has 5 N–H and O–H groups in total. The van der Waals surface area contributed by atoms with Crippen molar-refractivity contribution < 1.29 is 24.9 Å². The Morgan fingerprint density at radius 1 is 0.923 bits per heavy atom. The van der Waals surface area contributed by atoms with E-state index in [1.165, 1.54) is 42.5 Å². The number of anilines is 2. The van der Waals surface area contributed by atoms with Crippen molar-refractivity contribution in [3.8, 4) is 17.2 Å². The van der Waals surface area contributed by atoms with Gasteiger partial charge in [0.1, 0.15) is 5.75 Å². The Morgan fingerprint density at radius 2 is 1.65 bits per heavy atom. The third-order valence-electron chi connectivity index (χ3n) is 3.90. The Hall–Kier alpha value is -3.48. The van der Waals surface area contributed by atoms with Gasteiger partial charge in [-0.15, -0.1) is 0 Å². The molecule has 0 saturated heterocycles. The monoisotopic (exact) mass is 354 g/mol. The highest BCUT2D eigenvalue weighted by Gasteiger charge is 2.30. The number of rotatable bonds is 5. The molecule has 2 aromatic rings.